The lowest BCUT2D eigenvalue weighted by molar-refractivity contribution is 0.274. The maximum atomic E-state index is 6.02. The second-order valence-electron chi connectivity index (χ2n) is 4.42. The fraction of sp³-hybridized carbons (Fsp3) is 0.636. The number of nitrogens with zero attached hydrogens (tertiary/aromatic N) is 4. The van der Waals surface area contributed by atoms with Crippen LogP contribution < -0.4 is 4.90 Å². The highest BCUT2D eigenvalue weighted by molar-refractivity contribution is 6.30. The lowest BCUT2D eigenvalue weighted by Crippen LogP contribution is -2.51. The van der Waals surface area contributed by atoms with Gasteiger partial charge in [-0.3, -0.25) is 0 Å². The van der Waals surface area contributed by atoms with Crippen molar-refractivity contribution in [2.45, 2.75) is 19.9 Å². The average Bonchev–Trinajstić information content (AvgIpc) is 2.23. The molecule has 1 unspecified atom stereocenters. The second kappa shape index (κ2) is 4.55. The van der Waals surface area contributed by atoms with Crippen molar-refractivity contribution >= 4 is 17.4 Å². The predicted molar refractivity (Wildman–Crippen MR) is 66.1 cm³/mol. The Bertz CT molecular complexity index is 382. The Kier molecular flexibility index (Phi) is 3.30. The summed E-state index contributed by atoms with van der Waals surface area (Å²) in [6, 6.07) is 0.461. The summed E-state index contributed by atoms with van der Waals surface area (Å²) in [5.41, 5.74) is 0.973. The Hall–Kier alpha value is -0.870. The van der Waals surface area contributed by atoms with E-state index in [9.17, 15) is 0 Å². The number of anilines is 1. The number of rotatable bonds is 1. The van der Waals surface area contributed by atoms with Gasteiger partial charge in [0.1, 0.15) is 17.3 Å². The van der Waals surface area contributed by atoms with Crippen LogP contribution in [0, 0.1) is 6.92 Å². The predicted octanol–water partition coefficient (Wildman–Crippen LogP) is 1.58. The first-order valence-electron chi connectivity index (χ1n) is 5.52. The number of hydrogen-bond donors (Lipinski definition) is 0. The molecule has 4 nitrogen and oxygen atoms in total. The number of hydrogen-bond acceptors (Lipinski definition) is 4. The smallest absolute Gasteiger partial charge is 0.137 e. The van der Waals surface area contributed by atoms with Crippen LogP contribution in [0.4, 0.5) is 5.82 Å². The molecule has 88 valence electrons. The molecule has 1 aromatic rings. The lowest BCUT2D eigenvalue weighted by atomic mass is 10.2. The molecule has 2 rings (SSSR count). The zero-order valence-electron chi connectivity index (χ0n) is 9.94. The third-order valence-corrected chi connectivity index (χ3v) is 3.48. The van der Waals surface area contributed by atoms with Crippen LogP contribution in [0.15, 0.2) is 6.33 Å². The minimum Gasteiger partial charge on any atom is -0.351 e. The summed E-state index contributed by atoms with van der Waals surface area (Å²) in [5, 5.41) is 0.552. The average molecular weight is 241 g/mol. The second-order valence-corrected chi connectivity index (χ2v) is 4.78. The SMILES string of the molecule is Cc1c(Cl)ncnc1N1CCN(C)CC1C. The van der Waals surface area contributed by atoms with Gasteiger partial charge < -0.3 is 9.80 Å². The summed E-state index contributed by atoms with van der Waals surface area (Å²) in [4.78, 5) is 13.0. The van der Waals surface area contributed by atoms with Crippen molar-refractivity contribution in [1.29, 1.82) is 0 Å². The van der Waals surface area contributed by atoms with Crippen LogP contribution in [0.25, 0.3) is 0 Å². The summed E-state index contributed by atoms with van der Waals surface area (Å²) in [5.74, 6) is 0.973. The molecule has 1 aliphatic heterocycles. The molecule has 1 aromatic heterocycles. The van der Waals surface area contributed by atoms with Crippen LogP contribution >= 0.6 is 11.6 Å². The molecule has 1 atom stereocenters. The van der Waals surface area contributed by atoms with Gasteiger partial charge in [0.05, 0.1) is 0 Å². The summed E-state index contributed by atoms with van der Waals surface area (Å²) in [7, 11) is 2.15. The largest absolute Gasteiger partial charge is 0.351 e. The molecular formula is C11H17ClN4. The monoisotopic (exact) mass is 240 g/mol. The zero-order chi connectivity index (χ0) is 11.7. The van der Waals surface area contributed by atoms with Crippen LogP contribution in [-0.4, -0.2) is 47.6 Å². The van der Waals surface area contributed by atoms with Crippen LogP contribution in [0.5, 0.6) is 0 Å². The van der Waals surface area contributed by atoms with Gasteiger partial charge in [-0.25, -0.2) is 9.97 Å². The van der Waals surface area contributed by atoms with E-state index in [0.717, 1.165) is 31.0 Å². The van der Waals surface area contributed by atoms with Gasteiger partial charge >= 0.3 is 0 Å². The molecule has 0 N–H and O–H groups in total. The number of aromatic nitrogens is 2. The van der Waals surface area contributed by atoms with Gasteiger partial charge in [-0.05, 0) is 20.9 Å². The van der Waals surface area contributed by atoms with E-state index in [1.807, 2.05) is 6.92 Å². The molecule has 2 heterocycles. The van der Waals surface area contributed by atoms with Crippen molar-refractivity contribution in [3.05, 3.63) is 17.0 Å². The minimum atomic E-state index is 0.461. The lowest BCUT2D eigenvalue weighted by Gasteiger charge is -2.39. The van der Waals surface area contributed by atoms with E-state index < -0.39 is 0 Å². The molecule has 0 aliphatic carbocycles. The van der Waals surface area contributed by atoms with Crippen molar-refractivity contribution < 1.29 is 0 Å². The first-order valence-corrected chi connectivity index (χ1v) is 5.89. The molecule has 1 aliphatic rings. The van der Waals surface area contributed by atoms with E-state index in [0.29, 0.717) is 11.2 Å². The Morgan fingerprint density at radius 2 is 2.12 bits per heavy atom. The number of halogens is 1. The molecule has 5 heteroatoms. The first kappa shape index (κ1) is 11.6. The van der Waals surface area contributed by atoms with E-state index in [1.165, 1.54) is 6.33 Å². The topological polar surface area (TPSA) is 32.3 Å². The normalized spacial score (nSPS) is 22.5. The standard InChI is InChI=1S/C11H17ClN4/c1-8-6-15(3)4-5-16(8)11-9(2)10(12)13-7-14-11/h7-8H,4-6H2,1-3H3. The van der Waals surface area contributed by atoms with Crippen molar-refractivity contribution in [2.75, 3.05) is 31.6 Å². The van der Waals surface area contributed by atoms with Gasteiger partial charge in [-0.2, -0.15) is 0 Å². The molecule has 0 radical (unpaired) electrons. The van der Waals surface area contributed by atoms with Gasteiger partial charge in [0.15, 0.2) is 0 Å². The van der Waals surface area contributed by atoms with Gasteiger partial charge in [0.2, 0.25) is 0 Å². The van der Waals surface area contributed by atoms with Crippen molar-refractivity contribution in [1.82, 2.24) is 14.9 Å². The third kappa shape index (κ3) is 2.13. The number of likely N-dealkylation sites (N-methyl/N-ethyl adjacent to an activating group) is 1. The fourth-order valence-corrected chi connectivity index (χ4v) is 2.29. The molecule has 0 bridgehead atoms. The Balaban J connectivity index is 2.27. The molecule has 0 aromatic carbocycles. The zero-order valence-corrected chi connectivity index (χ0v) is 10.7. The Morgan fingerprint density at radius 3 is 2.81 bits per heavy atom. The fourth-order valence-electron chi connectivity index (χ4n) is 2.16. The number of piperazine rings is 1. The third-order valence-electron chi connectivity index (χ3n) is 3.10. The quantitative estimate of drug-likeness (QED) is 0.698. The highest BCUT2D eigenvalue weighted by atomic mass is 35.5. The summed E-state index contributed by atoms with van der Waals surface area (Å²) < 4.78 is 0. The molecule has 0 saturated carbocycles. The highest BCUT2D eigenvalue weighted by Crippen LogP contribution is 2.25. The molecule has 16 heavy (non-hydrogen) atoms. The van der Waals surface area contributed by atoms with E-state index in [2.05, 4.69) is 33.7 Å². The molecule has 0 amide bonds. The van der Waals surface area contributed by atoms with Gasteiger partial charge in [0.25, 0.3) is 0 Å². The summed E-state index contributed by atoms with van der Waals surface area (Å²) >= 11 is 6.02. The Morgan fingerprint density at radius 1 is 1.38 bits per heavy atom. The van der Waals surface area contributed by atoms with Crippen LogP contribution in [0.2, 0.25) is 5.15 Å². The van der Waals surface area contributed by atoms with Crippen molar-refractivity contribution in [3.8, 4) is 0 Å². The van der Waals surface area contributed by atoms with Crippen LogP contribution in [0.1, 0.15) is 12.5 Å². The minimum absolute atomic E-state index is 0.461. The molecule has 1 saturated heterocycles. The van der Waals surface area contributed by atoms with Gasteiger partial charge in [-0.15, -0.1) is 0 Å². The maximum Gasteiger partial charge on any atom is 0.137 e. The first-order chi connectivity index (χ1) is 7.59. The van der Waals surface area contributed by atoms with Crippen molar-refractivity contribution in [2.24, 2.45) is 0 Å². The summed E-state index contributed by atoms with van der Waals surface area (Å²) in [6.45, 7) is 7.30. The molecule has 1 fully saturated rings. The van der Waals surface area contributed by atoms with Gasteiger partial charge in [-0.1, -0.05) is 11.6 Å². The highest BCUT2D eigenvalue weighted by Gasteiger charge is 2.24. The Labute approximate surface area is 101 Å². The van der Waals surface area contributed by atoms with Crippen molar-refractivity contribution in [3.63, 3.8) is 0 Å². The van der Waals surface area contributed by atoms with Crippen LogP contribution in [-0.2, 0) is 0 Å². The maximum absolute atomic E-state index is 6.02. The van der Waals surface area contributed by atoms with Crippen LogP contribution in [0.3, 0.4) is 0 Å². The van der Waals surface area contributed by atoms with E-state index in [-0.39, 0.29) is 0 Å². The van der Waals surface area contributed by atoms with Gasteiger partial charge in [0, 0.05) is 31.2 Å². The molecular weight excluding hydrogens is 224 g/mol. The van der Waals surface area contributed by atoms with E-state index in [4.69, 9.17) is 11.6 Å². The molecule has 0 spiro atoms. The summed E-state index contributed by atoms with van der Waals surface area (Å²) in [6.07, 6.45) is 1.54. The van der Waals surface area contributed by atoms with E-state index >= 15 is 0 Å². The van der Waals surface area contributed by atoms with E-state index in [1.54, 1.807) is 0 Å².